The number of nitrogens with two attached hydrogens (primary N) is 1. The first-order chi connectivity index (χ1) is 6.63. The van der Waals surface area contributed by atoms with Crippen molar-refractivity contribution >= 4 is 21.6 Å². The van der Waals surface area contributed by atoms with Crippen LogP contribution in [0, 0.1) is 10.1 Å². The zero-order valence-corrected chi connectivity index (χ0v) is 9.16. The number of nitro benzene ring substituents is 1. The summed E-state index contributed by atoms with van der Waals surface area (Å²) in [5.74, 6) is 0. The van der Waals surface area contributed by atoms with Crippen molar-refractivity contribution < 1.29 is 4.92 Å². The molecule has 0 spiro atoms. The standard InChI is InChI=1S/C9H11BrN2O2/c10-8-4-7(2-1-3-11)5-9(6-8)12(13)14/h4-6H,1-3,11H2. The molecule has 76 valence electrons. The number of halogens is 1. The lowest BCUT2D eigenvalue weighted by molar-refractivity contribution is -0.385. The molecule has 0 amide bonds. The number of hydrogen-bond donors (Lipinski definition) is 1. The molecule has 1 aromatic rings. The Kier molecular flexibility index (Phi) is 4.03. The summed E-state index contributed by atoms with van der Waals surface area (Å²) in [5, 5.41) is 10.5. The van der Waals surface area contributed by atoms with Crippen LogP contribution in [0.5, 0.6) is 0 Å². The van der Waals surface area contributed by atoms with E-state index >= 15 is 0 Å². The Labute approximate surface area is 90.4 Å². The maximum absolute atomic E-state index is 10.5. The van der Waals surface area contributed by atoms with Gasteiger partial charge in [0.15, 0.2) is 0 Å². The molecule has 0 saturated carbocycles. The van der Waals surface area contributed by atoms with Gasteiger partial charge in [-0.1, -0.05) is 15.9 Å². The van der Waals surface area contributed by atoms with E-state index in [-0.39, 0.29) is 5.69 Å². The van der Waals surface area contributed by atoms with Crippen molar-refractivity contribution in [2.45, 2.75) is 12.8 Å². The molecule has 1 rings (SSSR count). The Morgan fingerprint density at radius 1 is 1.43 bits per heavy atom. The Morgan fingerprint density at radius 3 is 2.71 bits per heavy atom. The summed E-state index contributed by atoms with van der Waals surface area (Å²) >= 11 is 3.24. The zero-order valence-electron chi connectivity index (χ0n) is 7.57. The number of nitrogens with zero attached hydrogens (tertiary/aromatic N) is 1. The summed E-state index contributed by atoms with van der Waals surface area (Å²) in [6, 6.07) is 4.95. The van der Waals surface area contributed by atoms with E-state index in [1.54, 1.807) is 6.07 Å². The molecule has 0 aliphatic rings. The Hall–Kier alpha value is -0.940. The van der Waals surface area contributed by atoms with Crippen LogP contribution in [-0.2, 0) is 6.42 Å². The van der Waals surface area contributed by atoms with Crippen LogP contribution in [0.4, 0.5) is 5.69 Å². The van der Waals surface area contributed by atoms with Gasteiger partial charge in [-0.05, 0) is 31.0 Å². The molecule has 0 aliphatic heterocycles. The van der Waals surface area contributed by atoms with E-state index in [2.05, 4.69) is 15.9 Å². The van der Waals surface area contributed by atoms with Gasteiger partial charge >= 0.3 is 0 Å². The van der Waals surface area contributed by atoms with Gasteiger partial charge in [0.1, 0.15) is 0 Å². The van der Waals surface area contributed by atoms with Crippen LogP contribution in [0.15, 0.2) is 22.7 Å². The monoisotopic (exact) mass is 258 g/mol. The molecular weight excluding hydrogens is 248 g/mol. The predicted molar refractivity (Wildman–Crippen MR) is 58.2 cm³/mol. The second-order valence-electron chi connectivity index (χ2n) is 2.97. The molecule has 0 saturated heterocycles. The van der Waals surface area contributed by atoms with Gasteiger partial charge in [0.05, 0.1) is 4.92 Å². The number of nitro groups is 1. The smallest absolute Gasteiger partial charge is 0.270 e. The third-order valence-electron chi connectivity index (χ3n) is 1.82. The van der Waals surface area contributed by atoms with E-state index in [9.17, 15) is 10.1 Å². The molecule has 14 heavy (non-hydrogen) atoms. The molecule has 2 N–H and O–H groups in total. The number of aryl methyl sites for hydroxylation is 1. The van der Waals surface area contributed by atoms with Crippen LogP contribution >= 0.6 is 15.9 Å². The molecule has 0 atom stereocenters. The van der Waals surface area contributed by atoms with E-state index in [1.807, 2.05) is 6.07 Å². The number of benzene rings is 1. The molecule has 0 fully saturated rings. The largest absolute Gasteiger partial charge is 0.330 e. The number of hydrogen-bond acceptors (Lipinski definition) is 3. The highest BCUT2D eigenvalue weighted by Gasteiger charge is 2.07. The molecule has 0 aliphatic carbocycles. The Bertz CT molecular complexity index is 342. The fourth-order valence-corrected chi connectivity index (χ4v) is 1.72. The second-order valence-corrected chi connectivity index (χ2v) is 3.88. The van der Waals surface area contributed by atoms with Gasteiger partial charge in [-0.25, -0.2) is 0 Å². The minimum Gasteiger partial charge on any atom is -0.330 e. The molecule has 5 heteroatoms. The van der Waals surface area contributed by atoms with Crippen LogP contribution in [0.1, 0.15) is 12.0 Å². The highest BCUT2D eigenvalue weighted by Crippen LogP contribution is 2.21. The van der Waals surface area contributed by atoms with E-state index in [0.29, 0.717) is 6.54 Å². The number of rotatable bonds is 4. The van der Waals surface area contributed by atoms with Crippen molar-refractivity contribution in [2.24, 2.45) is 5.73 Å². The van der Waals surface area contributed by atoms with Crippen molar-refractivity contribution in [3.05, 3.63) is 38.3 Å². The van der Waals surface area contributed by atoms with Crippen molar-refractivity contribution in [3.8, 4) is 0 Å². The van der Waals surface area contributed by atoms with Gasteiger partial charge in [0, 0.05) is 16.6 Å². The Morgan fingerprint density at radius 2 is 2.14 bits per heavy atom. The zero-order chi connectivity index (χ0) is 10.6. The van der Waals surface area contributed by atoms with Crippen LogP contribution < -0.4 is 5.73 Å². The fraction of sp³-hybridized carbons (Fsp3) is 0.333. The molecule has 0 radical (unpaired) electrons. The molecule has 1 aromatic carbocycles. The minimum absolute atomic E-state index is 0.117. The van der Waals surface area contributed by atoms with Crippen LogP contribution in [0.3, 0.4) is 0 Å². The predicted octanol–water partition coefficient (Wildman–Crippen LogP) is 2.25. The lowest BCUT2D eigenvalue weighted by Gasteiger charge is -2.00. The summed E-state index contributed by atoms with van der Waals surface area (Å²) in [4.78, 5) is 10.1. The number of non-ortho nitro benzene ring substituents is 1. The highest BCUT2D eigenvalue weighted by atomic mass is 79.9. The average molecular weight is 259 g/mol. The summed E-state index contributed by atoms with van der Waals surface area (Å²) in [6.07, 6.45) is 1.62. The normalized spacial score (nSPS) is 10.1. The SMILES string of the molecule is NCCCc1cc(Br)cc([N+](=O)[O-])c1. The second kappa shape index (κ2) is 5.07. The lowest BCUT2D eigenvalue weighted by Crippen LogP contribution is -2.00. The van der Waals surface area contributed by atoms with Gasteiger partial charge in [-0.3, -0.25) is 10.1 Å². The molecule has 0 unspecified atom stereocenters. The first-order valence-electron chi connectivity index (χ1n) is 4.27. The molecule has 0 aromatic heterocycles. The van der Waals surface area contributed by atoms with Crippen LogP contribution in [0.25, 0.3) is 0 Å². The van der Waals surface area contributed by atoms with E-state index in [0.717, 1.165) is 22.9 Å². The van der Waals surface area contributed by atoms with Crippen molar-refractivity contribution in [2.75, 3.05) is 6.54 Å². The first kappa shape index (κ1) is 11.1. The molecule has 0 bridgehead atoms. The molecular formula is C9H11BrN2O2. The van der Waals surface area contributed by atoms with E-state index in [4.69, 9.17) is 5.73 Å². The van der Waals surface area contributed by atoms with Crippen LogP contribution in [-0.4, -0.2) is 11.5 Å². The van der Waals surface area contributed by atoms with E-state index < -0.39 is 4.92 Å². The third-order valence-corrected chi connectivity index (χ3v) is 2.28. The third kappa shape index (κ3) is 3.08. The summed E-state index contributed by atoms with van der Waals surface area (Å²) in [6.45, 7) is 0.598. The van der Waals surface area contributed by atoms with Crippen LogP contribution in [0.2, 0.25) is 0 Å². The van der Waals surface area contributed by atoms with Gasteiger partial charge in [0.25, 0.3) is 5.69 Å². The summed E-state index contributed by atoms with van der Waals surface area (Å²) in [5.41, 5.74) is 6.42. The minimum atomic E-state index is -0.392. The first-order valence-corrected chi connectivity index (χ1v) is 5.06. The van der Waals surface area contributed by atoms with Crippen molar-refractivity contribution in [3.63, 3.8) is 0 Å². The van der Waals surface area contributed by atoms with E-state index in [1.165, 1.54) is 6.07 Å². The maximum Gasteiger partial charge on any atom is 0.270 e. The maximum atomic E-state index is 10.5. The average Bonchev–Trinajstić information content (AvgIpc) is 2.14. The van der Waals surface area contributed by atoms with Gasteiger partial charge in [-0.2, -0.15) is 0 Å². The van der Waals surface area contributed by atoms with Gasteiger partial charge in [0.2, 0.25) is 0 Å². The van der Waals surface area contributed by atoms with Crippen molar-refractivity contribution in [1.82, 2.24) is 0 Å². The topological polar surface area (TPSA) is 69.2 Å². The molecule has 4 nitrogen and oxygen atoms in total. The Balaban J connectivity index is 2.89. The summed E-state index contributed by atoms with van der Waals surface area (Å²) in [7, 11) is 0. The highest BCUT2D eigenvalue weighted by molar-refractivity contribution is 9.10. The van der Waals surface area contributed by atoms with Gasteiger partial charge < -0.3 is 5.73 Å². The fourth-order valence-electron chi connectivity index (χ4n) is 1.19. The quantitative estimate of drug-likeness (QED) is 0.666. The van der Waals surface area contributed by atoms with Crippen molar-refractivity contribution in [1.29, 1.82) is 0 Å². The molecule has 0 heterocycles. The summed E-state index contributed by atoms with van der Waals surface area (Å²) < 4.78 is 0.735. The lowest BCUT2D eigenvalue weighted by atomic mass is 10.1. The van der Waals surface area contributed by atoms with Gasteiger partial charge in [-0.15, -0.1) is 0 Å².